The summed E-state index contributed by atoms with van der Waals surface area (Å²) in [5.74, 6) is 1.60. The Morgan fingerprint density at radius 3 is 2.25 bits per heavy atom. The molecule has 0 unspecified atom stereocenters. The van der Waals surface area contributed by atoms with Crippen LogP contribution >= 0.6 is 11.8 Å². The number of benzene rings is 2. The van der Waals surface area contributed by atoms with Gasteiger partial charge in [-0.3, -0.25) is 4.98 Å². The van der Waals surface area contributed by atoms with Crippen molar-refractivity contribution in [3.8, 4) is 17.2 Å². The number of carbonyl (C=O) groups is 1. The van der Waals surface area contributed by atoms with Crippen LogP contribution in [0.1, 0.15) is 29.8 Å². The number of hydrogen-bond acceptors (Lipinski definition) is 7. The lowest BCUT2D eigenvalue weighted by Crippen LogP contribution is -2.07. The second-order valence-corrected chi connectivity index (χ2v) is 8.79. The lowest BCUT2D eigenvalue weighted by Gasteiger charge is -2.12. The van der Waals surface area contributed by atoms with Crippen LogP contribution in [0, 0.1) is 0 Å². The number of aliphatic carboxylic acids is 1. The molecule has 1 N–H and O–H groups in total. The first-order valence-corrected chi connectivity index (χ1v) is 12.5. The minimum absolute atomic E-state index is 0.122. The van der Waals surface area contributed by atoms with E-state index in [1.165, 1.54) is 11.6 Å². The molecule has 0 aliphatic carbocycles. The lowest BCUT2D eigenvalue weighted by atomic mass is 10.1. The van der Waals surface area contributed by atoms with Gasteiger partial charge in [0.1, 0.15) is 17.2 Å². The van der Waals surface area contributed by atoms with Crippen molar-refractivity contribution in [2.24, 2.45) is 0 Å². The molecule has 3 rings (SSSR count). The van der Waals surface area contributed by atoms with Crippen LogP contribution in [-0.4, -0.2) is 44.0 Å². The summed E-state index contributed by atoms with van der Waals surface area (Å²) < 4.78 is 21.6. The maximum atomic E-state index is 11.7. The van der Waals surface area contributed by atoms with Gasteiger partial charge in [-0.05, 0) is 61.2 Å². The van der Waals surface area contributed by atoms with E-state index in [2.05, 4.69) is 4.98 Å². The summed E-state index contributed by atoms with van der Waals surface area (Å²) in [5, 5.41) is 9.59. The van der Waals surface area contributed by atoms with Gasteiger partial charge in [0, 0.05) is 11.8 Å². The van der Waals surface area contributed by atoms with Crippen molar-refractivity contribution < 1.29 is 28.8 Å². The number of aryl methyl sites for hydroxylation is 1. The first-order chi connectivity index (χ1) is 17.5. The number of unbranched alkanes of at least 4 members (excludes halogenated alkanes) is 1. The number of aromatic nitrogens is 1. The molecule has 1 aromatic heterocycles. The average Bonchev–Trinajstić information content (AvgIpc) is 2.91. The Kier molecular flexibility index (Phi) is 10.5. The maximum absolute atomic E-state index is 11.7. The first kappa shape index (κ1) is 26.9. The van der Waals surface area contributed by atoms with Gasteiger partial charge in [0.15, 0.2) is 0 Å². The third kappa shape index (κ3) is 7.95. The highest BCUT2D eigenvalue weighted by Gasteiger charge is 2.12. The van der Waals surface area contributed by atoms with Crippen LogP contribution in [0.5, 0.6) is 17.2 Å². The monoisotopic (exact) mass is 509 g/mol. The van der Waals surface area contributed by atoms with Gasteiger partial charge >= 0.3 is 5.97 Å². The van der Waals surface area contributed by atoms with Crippen LogP contribution in [0.3, 0.4) is 0 Å². The van der Waals surface area contributed by atoms with E-state index in [4.69, 9.17) is 18.9 Å². The number of carboxylic acid groups (broad SMARTS) is 1. The Balaban J connectivity index is 1.56. The minimum Gasteiger partial charge on any atom is -0.497 e. The van der Waals surface area contributed by atoms with Crippen LogP contribution in [0.15, 0.2) is 71.3 Å². The molecule has 0 atom stereocenters. The Labute approximate surface area is 216 Å². The quantitative estimate of drug-likeness (QED) is 0.125. The fraction of sp³-hybridized carbons (Fsp3) is 0.286. The van der Waals surface area contributed by atoms with Gasteiger partial charge in [-0.25, -0.2) is 4.79 Å². The number of thioether (sulfide) groups is 1. The zero-order chi connectivity index (χ0) is 25.8. The highest BCUT2D eigenvalue weighted by molar-refractivity contribution is 7.98. The van der Waals surface area contributed by atoms with E-state index in [0.717, 1.165) is 47.1 Å². The molecule has 0 aliphatic heterocycles. The number of ether oxygens (including phenoxy) is 4. The fourth-order valence-electron chi connectivity index (χ4n) is 3.47. The summed E-state index contributed by atoms with van der Waals surface area (Å²) in [6.07, 6.45) is 3.97. The second kappa shape index (κ2) is 14.0. The van der Waals surface area contributed by atoms with E-state index in [0.29, 0.717) is 18.1 Å². The number of rotatable bonds is 14. The Bertz CT molecular complexity index is 1140. The Morgan fingerprint density at radius 1 is 0.917 bits per heavy atom. The minimum atomic E-state index is -1.12. The summed E-state index contributed by atoms with van der Waals surface area (Å²) >= 11 is 1.54. The fourth-order valence-corrected chi connectivity index (χ4v) is 4.51. The third-order valence-electron chi connectivity index (χ3n) is 5.34. The molecule has 3 aromatic rings. The van der Waals surface area contributed by atoms with Crippen LogP contribution in [-0.2, 0) is 21.7 Å². The molecule has 0 fully saturated rings. The molecule has 0 saturated heterocycles. The topological polar surface area (TPSA) is 87.1 Å². The number of nitrogens with zero attached hydrogens (tertiary/aromatic N) is 1. The molecule has 0 bridgehead atoms. The van der Waals surface area contributed by atoms with Crippen LogP contribution < -0.4 is 14.2 Å². The van der Waals surface area contributed by atoms with Crippen molar-refractivity contribution in [3.05, 3.63) is 83.4 Å². The van der Waals surface area contributed by atoms with Crippen molar-refractivity contribution in [1.29, 1.82) is 0 Å². The normalized spacial score (nSPS) is 11.1. The smallest absolute Gasteiger partial charge is 0.371 e. The summed E-state index contributed by atoms with van der Waals surface area (Å²) in [7, 11) is 4.88. The predicted molar refractivity (Wildman–Crippen MR) is 141 cm³/mol. The molecule has 0 spiro atoms. The number of hydrogen-bond donors (Lipinski definition) is 1. The van der Waals surface area contributed by atoms with Gasteiger partial charge < -0.3 is 24.1 Å². The van der Waals surface area contributed by atoms with Crippen molar-refractivity contribution in [2.45, 2.75) is 29.9 Å². The lowest BCUT2D eigenvalue weighted by molar-refractivity contribution is -0.136. The van der Waals surface area contributed by atoms with Crippen molar-refractivity contribution in [2.75, 3.05) is 27.9 Å². The molecule has 8 heteroatoms. The summed E-state index contributed by atoms with van der Waals surface area (Å²) in [6.45, 7) is 0.317. The molecule has 2 aromatic carbocycles. The average molecular weight is 510 g/mol. The highest BCUT2D eigenvalue weighted by Crippen LogP contribution is 2.38. The predicted octanol–water partition coefficient (Wildman–Crippen LogP) is 5.86. The molecular weight excluding hydrogens is 478 g/mol. The van der Waals surface area contributed by atoms with Crippen molar-refractivity contribution >= 4 is 23.8 Å². The largest absolute Gasteiger partial charge is 0.497 e. The number of carboxylic acids is 1. The van der Waals surface area contributed by atoms with Gasteiger partial charge in [0.05, 0.1) is 44.2 Å². The van der Waals surface area contributed by atoms with E-state index in [-0.39, 0.29) is 5.76 Å². The summed E-state index contributed by atoms with van der Waals surface area (Å²) in [4.78, 5) is 17.2. The van der Waals surface area contributed by atoms with Crippen LogP contribution in [0.25, 0.3) is 6.08 Å². The van der Waals surface area contributed by atoms with E-state index in [1.54, 1.807) is 39.2 Å². The molecule has 7 nitrogen and oxygen atoms in total. The Hall–Kier alpha value is -3.65. The zero-order valence-electron chi connectivity index (χ0n) is 20.7. The number of pyridine rings is 1. The highest BCUT2D eigenvalue weighted by atomic mass is 32.2. The van der Waals surface area contributed by atoms with Crippen molar-refractivity contribution in [3.63, 3.8) is 0 Å². The molecule has 0 aliphatic rings. The molecule has 190 valence electrons. The van der Waals surface area contributed by atoms with Crippen molar-refractivity contribution in [1.82, 2.24) is 4.98 Å². The van der Waals surface area contributed by atoms with E-state index in [9.17, 15) is 9.90 Å². The van der Waals surface area contributed by atoms with Crippen LogP contribution in [0.4, 0.5) is 0 Å². The Morgan fingerprint density at radius 2 is 1.61 bits per heavy atom. The van der Waals surface area contributed by atoms with E-state index >= 15 is 0 Å². The number of methoxy groups -OCH3 is 3. The summed E-state index contributed by atoms with van der Waals surface area (Å²) in [5.41, 5.74) is 2.52. The standard InChI is InChI=1S/C28H31NO6S/c1-32-23-15-13-20(14-16-23)8-4-5-17-35-26(28(30)31)18-21-9-6-10-22(29-21)19-36-27-24(33-2)11-7-12-25(27)34-3/h6-7,9-16,18H,4-5,8,17,19H2,1-3H3,(H,30,31)/b26-18+. The van der Waals surface area contributed by atoms with Gasteiger partial charge in [-0.15, -0.1) is 11.8 Å². The van der Waals surface area contributed by atoms with Gasteiger partial charge in [-0.2, -0.15) is 0 Å². The first-order valence-electron chi connectivity index (χ1n) is 11.5. The van der Waals surface area contributed by atoms with Crippen LogP contribution in [0.2, 0.25) is 0 Å². The maximum Gasteiger partial charge on any atom is 0.371 e. The molecule has 1 heterocycles. The molecule has 0 amide bonds. The molecule has 0 saturated carbocycles. The SMILES string of the molecule is COc1ccc(CCCCO/C(=C/c2cccc(CSc3c(OC)cccc3OC)n2)C(=O)O)cc1. The molecule has 0 radical (unpaired) electrons. The zero-order valence-corrected chi connectivity index (χ0v) is 21.5. The van der Waals surface area contributed by atoms with Gasteiger partial charge in [0.25, 0.3) is 0 Å². The second-order valence-electron chi connectivity index (χ2n) is 7.80. The van der Waals surface area contributed by atoms with E-state index in [1.807, 2.05) is 54.6 Å². The van der Waals surface area contributed by atoms with Gasteiger partial charge in [-0.1, -0.05) is 24.3 Å². The third-order valence-corrected chi connectivity index (χ3v) is 6.47. The molecular formula is C28H31NO6S. The van der Waals surface area contributed by atoms with E-state index < -0.39 is 5.97 Å². The van der Waals surface area contributed by atoms with Gasteiger partial charge in [0.2, 0.25) is 5.76 Å². The summed E-state index contributed by atoms with van der Waals surface area (Å²) in [6, 6.07) is 19.1. The molecule has 36 heavy (non-hydrogen) atoms.